The standard InChI is InChI=1S/C49H32O/c1-2-14-32-26-33(25-24-30(32)12-1)34-27-35-29-44(49-48(43(35)28-34)42-21-9-10-23-45(42)50-49)47-40-19-7-5-17-38(40)46(39-18-6-8-20-41(39)47)37-22-11-15-31-13-3-4-16-36(31)37/h1-26,29,34H,27-28H2/i3D,4D,5D,6D,7D,8D,11D,13D,15D,16D,17D,18D,19D,20D,22D. The summed E-state index contributed by atoms with van der Waals surface area (Å²) in [6.45, 7) is 0. The van der Waals surface area contributed by atoms with E-state index < -0.39 is 107 Å². The van der Waals surface area contributed by atoms with Crippen molar-refractivity contribution in [2.45, 2.75) is 18.8 Å². The molecular formula is C49H32O. The van der Waals surface area contributed by atoms with Crippen molar-refractivity contribution in [2.24, 2.45) is 0 Å². The van der Waals surface area contributed by atoms with Crippen molar-refractivity contribution in [3.63, 3.8) is 0 Å². The van der Waals surface area contributed by atoms with Gasteiger partial charge in [0.25, 0.3) is 0 Å². The third kappa shape index (κ3) is 4.01. The molecule has 0 radical (unpaired) electrons. The predicted octanol–water partition coefficient (Wildman–Crippen LogP) is 13.4. The highest BCUT2D eigenvalue weighted by Crippen LogP contribution is 2.50. The van der Waals surface area contributed by atoms with Crippen LogP contribution >= 0.6 is 0 Å². The maximum Gasteiger partial charge on any atom is 0.143 e. The molecule has 1 heteroatoms. The minimum atomic E-state index is -0.756. The van der Waals surface area contributed by atoms with Crippen LogP contribution in [0.25, 0.3) is 87.3 Å². The molecule has 0 bridgehead atoms. The van der Waals surface area contributed by atoms with E-state index >= 15 is 0 Å². The van der Waals surface area contributed by atoms with Gasteiger partial charge in [-0.15, -0.1) is 0 Å². The number of hydrogen-bond acceptors (Lipinski definition) is 1. The van der Waals surface area contributed by atoms with Crippen LogP contribution in [-0.4, -0.2) is 0 Å². The summed E-state index contributed by atoms with van der Waals surface area (Å²) >= 11 is 0. The molecule has 234 valence electrons. The van der Waals surface area contributed by atoms with Gasteiger partial charge in [-0.2, -0.15) is 0 Å². The lowest BCUT2D eigenvalue weighted by molar-refractivity contribution is 0.670. The van der Waals surface area contributed by atoms with Gasteiger partial charge in [-0.25, -0.2) is 0 Å². The lowest BCUT2D eigenvalue weighted by Gasteiger charge is -2.19. The molecule has 0 amide bonds. The van der Waals surface area contributed by atoms with Gasteiger partial charge in [-0.3, -0.25) is 0 Å². The van der Waals surface area contributed by atoms with Gasteiger partial charge in [0.2, 0.25) is 0 Å². The van der Waals surface area contributed by atoms with Gasteiger partial charge in [0.05, 0.1) is 20.6 Å². The first-order valence-corrected chi connectivity index (χ1v) is 16.4. The molecule has 0 saturated carbocycles. The van der Waals surface area contributed by atoms with E-state index in [1.54, 1.807) is 0 Å². The minimum Gasteiger partial charge on any atom is -0.455 e. The number of para-hydroxylation sites is 1. The van der Waals surface area contributed by atoms with E-state index in [2.05, 4.69) is 30.3 Å². The number of rotatable bonds is 3. The molecule has 0 aliphatic heterocycles. The Morgan fingerprint density at radius 3 is 1.92 bits per heavy atom. The van der Waals surface area contributed by atoms with Crippen molar-refractivity contribution in [3.8, 4) is 22.3 Å². The van der Waals surface area contributed by atoms with Crippen LogP contribution in [0.3, 0.4) is 0 Å². The Labute approximate surface area is 311 Å². The zero-order valence-corrected chi connectivity index (χ0v) is 26.3. The number of benzene rings is 9. The van der Waals surface area contributed by atoms with E-state index in [1.807, 2.05) is 42.5 Å². The second-order valence-corrected chi connectivity index (χ2v) is 12.8. The third-order valence-corrected chi connectivity index (χ3v) is 10.2. The first-order chi connectivity index (χ1) is 31.0. The lowest BCUT2D eigenvalue weighted by Crippen LogP contribution is -1.97. The Bertz CT molecular complexity index is 3770. The zero-order chi connectivity index (χ0) is 45.8. The van der Waals surface area contributed by atoms with Gasteiger partial charge in [0.1, 0.15) is 11.2 Å². The molecule has 9 aromatic carbocycles. The van der Waals surface area contributed by atoms with E-state index in [-0.39, 0.29) is 38.6 Å². The van der Waals surface area contributed by atoms with E-state index in [9.17, 15) is 6.85 Å². The Morgan fingerprint density at radius 1 is 0.500 bits per heavy atom. The topological polar surface area (TPSA) is 13.1 Å². The van der Waals surface area contributed by atoms with Crippen molar-refractivity contribution < 1.29 is 25.0 Å². The van der Waals surface area contributed by atoms with Gasteiger partial charge in [-0.1, -0.05) is 151 Å². The summed E-state index contributed by atoms with van der Waals surface area (Å²) in [7, 11) is 0. The van der Waals surface area contributed by atoms with Gasteiger partial charge in [0, 0.05) is 21.9 Å². The summed E-state index contributed by atoms with van der Waals surface area (Å²) in [5.41, 5.74) is 3.41. The summed E-state index contributed by atoms with van der Waals surface area (Å²) in [6, 6.07) is 13.7. The van der Waals surface area contributed by atoms with E-state index in [1.165, 1.54) is 0 Å². The van der Waals surface area contributed by atoms with Crippen molar-refractivity contribution in [1.82, 2.24) is 0 Å². The minimum absolute atomic E-state index is 0.0136. The molecule has 1 unspecified atom stereocenters. The van der Waals surface area contributed by atoms with Crippen LogP contribution in [0.1, 0.15) is 43.2 Å². The van der Waals surface area contributed by atoms with Crippen LogP contribution in [0.2, 0.25) is 0 Å². The summed E-state index contributed by atoms with van der Waals surface area (Å²) in [4.78, 5) is 0. The maximum absolute atomic E-state index is 9.63. The van der Waals surface area contributed by atoms with Crippen LogP contribution in [0.5, 0.6) is 0 Å². The Kier molecular flexibility index (Phi) is 3.62. The Balaban J connectivity index is 1.36. The fourth-order valence-electron chi connectivity index (χ4n) is 8.05. The van der Waals surface area contributed by atoms with Crippen LogP contribution in [0.15, 0.2) is 168 Å². The predicted molar refractivity (Wildman–Crippen MR) is 211 cm³/mol. The molecule has 0 spiro atoms. The smallest absolute Gasteiger partial charge is 0.143 e. The third-order valence-electron chi connectivity index (χ3n) is 10.2. The highest BCUT2D eigenvalue weighted by atomic mass is 16.3. The van der Waals surface area contributed by atoms with Gasteiger partial charge in [0.15, 0.2) is 0 Å². The summed E-state index contributed by atoms with van der Waals surface area (Å²) in [5, 5.41) is 1.91. The Hall–Kier alpha value is -6.18. The maximum atomic E-state index is 9.63. The van der Waals surface area contributed by atoms with Crippen molar-refractivity contribution in [1.29, 1.82) is 0 Å². The molecule has 10 aromatic rings. The first-order valence-electron chi connectivity index (χ1n) is 23.9. The second-order valence-electron chi connectivity index (χ2n) is 12.8. The van der Waals surface area contributed by atoms with E-state index in [0.29, 0.717) is 29.6 Å². The number of hydrogen-bond donors (Lipinski definition) is 0. The molecule has 11 rings (SSSR count). The van der Waals surface area contributed by atoms with E-state index in [4.69, 9.17) is 18.1 Å². The molecule has 1 heterocycles. The summed E-state index contributed by atoms with van der Waals surface area (Å²) in [6.07, 6.45) is 1.20. The summed E-state index contributed by atoms with van der Waals surface area (Å²) in [5.74, 6) is 0.0298. The first kappa shape index (κ1) is 17.0. The Morgan fingerprint density at radius 2 is 1.14 bits per heavy atom. The molecule has 1 aliphatic carbocycles. The molecule has 1 aliphatic rings. The molecule has 1 aromatic heterocycles. The zero-order valence-electron chi connectivity index (χ0n) is 41.3. The van der Waals surface area contributed by atoms with Crippen LogP contribution < -0.4 is 0 Å². The number of furan rings is 1. The fraction of sp³-hybridized carbons (Fsp3) is 0.0612. The van der Waals surface area contributed by atoms with Crippen LogP contribution in [0.4, 0.5) is 0 Å². The van der Waals surface area contributed by atoms with Gasteiger partial charge in [-0.05, 0) is 102 Å². The van der Waals surface area contributed by atoms with Crippen LogP contribution in [0, 0.1) is 0 Å². The highest BCUT2D eigenvalue weighted by Gasteiger charge is 2.30. The van der Waals surface area contributed by atoms with E-state index in [0.717, 1.165) is 38.2 Å². The van der Waals surface area contributed by atoms with Crippen molar-refractivity contribution in [2.75, 3.05) is 0 Å². The second kappa shape index (κ2) is 10.7. The average Bonchev–Trinajstić information content (AvgIpc) is 3.92. The molecular weight excluding hydrogens is 605 g/mol. The van der Waals surface area contributed by atoms with Crippen molar-refractivity contribution >= 4 is 65.0 Å². The molecule has 0 N–H and O–H groups in total. The normalized spacial score (nSPS) is 18.6. The SMILES string of the molecule is [2H]c1c([2H])c([2H])c2c(-c3c4c([2H])c([2H])c([2H])c([2H])c4c(-c4cc5c(c6c4oc4ccccc46)CC(c4ccc6ccccc6c4)C5)c4c([2H])c([2H])c([2H])c([2H])c34)c([2H])c([2H])c([2H])c2c1[2H]. The van der Waals surface area contributed by atoms with Crippen molar-refractivity contribution in [3.05, 3.63) is 180 Å². The van der Waals surface area contributed by atoms with Crippen LogP contribution in [-0.2, 0) is 12.8 Å². The average molecular weight is 652 g/mol. The summed E-state index contributed by atoms with van der Waals surface area (Å²) < 4.78 is 143. The fourth-order valence-corrected chi connectivity index (χ4v) is 8.05. The largest absolute Gasteiger partial charge is 0.455 e. The quantitative estimate of drug-likeness (QED) is 0.173. The monoisotopic (exact) mass is 651 g/mol. The molecule has 1 nitrogen and oxygen atoms in total. The highest BCUT2D eigenvalue weighted by molar-refractivity contribution is 6.26. The van der Waals surface area contributed by atoms with Gasteiger partial charge < -0.3 is 4.42 Å². The molecule has 0 fully saturated rings. The van der Waals surface area contributed by atoms with Gasteiger partial charge >= 0.3 is 0 Å². The molecule has 1 atom stereocenters. The number of fused-ring (bicyclic) bond motifs is 9. The lowest BCUT2D eigenvalue weighted by atomic mass is 9.83. The molecule has 0 saturated heterocycles. The molecule has 50 heavy (non-hydrogen) atoms.